The molecule has 44 heavy (non-hydrogen) atoms. The smallest absolute Gasteiger partial charge is 0.0116 e. The van der Waals surface area contributed by atoms with Crippen molar-refractivity contribution in [2.24, 2.45) is 5.73 Å². The zero-order valence-electron chi connectivity index (χ0n) is 25.8. The van der Waals surface area contributed by atoms with E-state index in [4.69, 9.17) is 5.73 Å². The van der Waals surface area contributed by atoms with Gasteiger partial charge in [0.25, 0.3) is 0 Å². The zero-order valence-corrected chi connectivity index (χ0v) is 25.8. The fraction of sp³-hybridized carbons (Fsp3) is 0.0698. The first-order chi connectivity index (χ1) is 21.4. The van der Waals surface area contributed by atoms with E-state index in [0.717, 1.165) is 83.1 Å². The minimum atomic E-state index is 0.464. The Morgan fingerprint density at radius 2 is 1.11 bits per heavy atom. The summed E-state index contributed by atoms with van der Waals surface area (Å²) in [6.07, 6.45) is 9.81. The number of hydrogen-bond donors (Lipinski definition) is 1. The van der Waals surface area contributed by atoms with E-state index in [1.54, 1.807) is 0 Å². The molecule has 2 N–H and O–H groups in total. The molecule has 0 saturated carbocycles. The van der Waals surface area contributed by atoms with Crippen LogP contribution in [-0.4, -0.2) is 6.54 Å². The number of nitrogens with two attached hydrogens (primary N) is 1. The minimum absolute atomic E-state index is 0.464. The van der Waals surface area contributed by atoms with Crippen LogP contribution >= 0.6 is 0 Å². The molecule has 0 bridgehead atoms. The van der Waals surface area contributed by atoms with E-state index < -0.39 is 0 Å². The van der Waals surface area contributed by atoms with Crippen molar-refractivity contribution in [1.82, 2.24) is 0 Å². The van der Waals surface area contributed by atoms with Gasteiger partial charge < -0.3 is 5.73 Å². The highest BCUT2D eigenvalue weighted by molar-refractivity contribution is 6.13. The van der Waals surface area contributed by atoms with Crippen LogP contribution in [0, 0.1) is 6.92 Å². The SMILES string of the molecule is C=Cc1c(-c2ccc(C)cc2)ccc(-c2c(C=C)c(C=C)c(-c3ccc(/C(=C/CN)C(=C)C)cc3)c3ccccc23)c1C=C. The Hall–Kier alpha value is -5.24. The first-order valence-electron chi connectivity index (χ1n) is 14.9. The number of allylic oxidation sites excluding steroid dienone is 2. The molecule has 0 saturated heterocycles. The van der Waals surface area contributed by atoms with Crippen LogP contribution in [0.15, 0.2) is 129 Å². The summed E-state index contributed by atoms with van der Waals surface area (Å²) >= 11 is 0. The van der Waals surface area contributed by atoms with E-state index in [0.29, 0.717) is 6.54 Å². The summed E-state index contributed by atoms with van der Waals surface area (Å²) < 4.78 is 0. The van der Waals surface area contributed by atoms with Crippen LogP contribution in [0.2, 0.25) is 0 Å². The van der Waals surface area contributed by atoms with Crippen LogP contribution < -0.4 is 5.73 Å². The monoisotopic (exact) mass is 569 g/mol. The van der Waals surface area contributed by atoms with E-state index in [1.165, 1.54) is 5.56 Å². The molecule has 0 unspecified atom stereocenters. The molecule has 216 valence electrons. The second-order valence-corrected chi connectivity index (χ2v) is 11.0. The largest absolute Gasteiger partial charge is 0.327 e. The van der Waals surface area contributed by atoms with Crippen molar-refractivity contribution in [3.8, 4) is 33.4 Å². The number of hydrogen-bond acceptors (Lipinski definition) is 1. The van der Waals surface area contributed by atoms with Gasteiger partial charge in [0.15, 0.2) is 0 Å². The highest BCUT2D eigenvalue weighted by Gasteiger charge is 2.21. The molecule has 0 aliphatic heterocycles. The van der Waals surface area contributed by atoms with Crippen molar-refractivity contribution in [3.63, 3.8) is 0 Å². The van der Waals surface area contributed by atoms with Crippen LogP contribution in [0.1, 0.15) is 40.3 Å². The third kappa shape index (κ3) is 5.35. The van der Waals surface area contributed by atoms with Gasteiger partial charge in [0.1, 0.15) is 0 Å². The Morgan fingerprint density at radius 3 is 1.66 bits per heavy atom. The van der Waals surface area contributed by atoms with E-state index in [2.05, 4.69) is 125 Å². The molecule has 1 nitrogen and oxygen atoms in total. The summed E-state index contributed by atoms with van der Waals surface area (Å²) in [5.41, 5.74) is 21.1. The lowest BCUT2D eigenvalue weighted by atomic mass is 9.80. The maximum Gasteiger partial charge on any atom is 0.0116 e. The average molecular weight is 570 g/mol. The molecule has 0 atom stereocenters. The van der Waals surface area contributed by atoms with E-state index in [-0.39, 0.29) is 0 Å². The van der Waals surface area contributed by atoms with Crippen LogP contribution in [0.5, 0.6) is 0 Å². The Bertz CT molecular complexity index is 1960. The third-order valence-corrected chi connectivity index (χ3v) is 8.30. The molecule has 0 aromatic heterocycles. The molecule has 0 radical (unpaired) electrons. The second-order valence-electron chi connectivity index (χ2n) is 11.0. The van der Waals surface area contributed by atoms with E-state index in [1.807, 2.05) is 37.3 Å². The standard InChI is InChI=1S/C43H39N/c1-8-33-34(9-2)41(25-24-38(33)31-18-16-29(7)17-19-31)43-36(11-4)35(10-3)42(39-14-12-13-15-40(39)43)32-22-20-30(21-23-32)37(26-27-44)28(5)6/h8-26H,1-5,27,44H2,6-7H3/b37-26+. The van der Waals surface area contributed by atoms with Crippen LogP contribution in [0.4, 0.5) is 0 Å². The third-order valence-electron chi connectivity index (χ3n) is 8.30. The summed E-state index contributed by atoms with van der Waals surface area (Å²) in [4.78, 5) is 0. The molecule has 0 amide bonds. The number of fused-ring (bicyclic) bond motifs is 1. The highest BCUT2D eigenvalue weighted by Crippen LogP contribution is 2.46. The van der Waals surface area contributed by atoms with Gasteiger partial charge in [-0.25, -0.2) is 0 Å². The summed E-state index contributed by atoms with van der Waals surface area (Å²) in [6.45, 7) is 25.8. The molecule has 1 heteroatoms. The van der Waals surface area contributed by atoms with Crippen molar-refractivity contribution >= 4 is 40.6 Å². The fourth-order valence-electron chi connectivity index (χ4n) is 6.26. The fourth-order valence-corrected chi connectivity index (χ4v) is 6.26. The number of aryl methyl sites for hydroxylation is 1. The highest BCUT2D eigenvalue weighted by atomic mass is 14.5. The number of benzene rings is 5. The van der Waals surface area contributed by atoms with Gasteiger partial charge in [-0.05, 0) is 91.4 Å². The number of rotatable bonds is 10. The predicted molar refractivity (Wildman–Crippen MR) is 197 cm³/mol. The molecule has 0 aliphatic carbocycles. The summed E-state index contributed by atoms with van der Waals surface area (Å²) in [6, 6.07) is 30.2. The second kappa shape index (κ2) is 13.0. The van der Waals surface area contributed by atoms with Crippen molar-refractivity contribution < 1.29 is 0 Å². The predicted octanol–water partition coefficient (Wildman–Crippen LogP) is 11.6. The Morgan fingerprint density at radius 1 is 0.614 bits per heavy atom. The Balaban J connectivity index is 1.81. The molecule has 0 spiro atoms. The van der Waals surface area contributed by atoms with Crippen molar-refractivity contribution in [3.05, 3.63) is 163 Å². The van der Waals surface area contributed by atoms with E-state index >= 15 is 0 Å². The van der Waals surface area contributed by atoms with Gasteiger partial charge in [-0.15, -0.1) is 0 Å². The first-order valence-corrected chi connectivity index (χ1v) is 14.9. The summed E-state index contributed by atoms with van der Waals surface area (Å²) in [5, 5.41) is 2.28. The molecule has 5 aromatic carbocycles. The zero-order chi connectivity index (χ0) is 31.4. The summed E-state index contributed by atoms with van der Waals surface area (Å²) in [5.74, 6) is 0. The Labute approximate surface area is 262 Å². The minimum Gasteiger partial charge on any atom is -0.327 e. The lowest BCUT2D eigenvalue weighted by Gasteiger charge is -2.23. The normalized spacial score (nSPS) is 11.3. The maximum atomic E-state index is 5.85. The molecule has 0 aliphatic rings. The molecular weight excluding hydrogens is 530 g/mol. The molecule has 0 fully saturated rings. The Kier molecular flexibility index (Phi) is 8.90. The van der Waals surface area contributed by atoms with Gasteiger partial charge in [0.2, 0.25) is 0 Å². The molecule has 5 rings (SSSR count). The quantitative estimate of drug-likeness (QED) is 0.166. The van der Waals surface area contributed by atoms with Crippen molar-refractivity contribution in [2.45, 2.75) is 13.8 Å². The van der Waals surface area contributed by atoms with Gasteiger partial charge in [0, 0.05) is 6.54 Å². The lowest BCUT2D eigenvalue weighted by molar-refractivity contribution is 1.25. The molecular formula is C43H39N. The van der Waals surface area contributed by atoms with Gasteiger partial charge in [-0.1, -0.05) is 159 Å². The van der Waals surface area contributed by atoms with Gasteiger partial charge in [-0.3, -0.25) is 0 Å². The lowest BCUT2D eigenvalue weighted by Crippen LogP contribution is -1.99. The topological polar surface area (TPSA) is 26.0 Å². The first kappa shape index (κ1) is 30.2. The summed E-state index contributed by atoms with van der Waals surface area (Å²) in [7, 11) is 0. The van der Waals surface area contributed by atoms with Crippen LogP contribution in [-0.2, 0) is 0 Å². The van der Waals surface area contributed by atoms with Crippen LogP contribution in [0.25, 0.3) is 74.0 Å². The molecule has 0 heterocycles. The van der Waals surface area contributed by atoms with Gasteiger partial charge in [0.05, 0.1) is 0 Å². The van der Waals surface area contributed by atoms with Crippen LogP contribution in [0.3, 0.4) is 0 Å². The molecule has 5 aromatic rings. The maximum absolute atomic E-state index is 5.85. The van der Waals surface area contributed by atoms with Crippen molar-refractivity contribution in [2.75, 3.05) is 6.54 Å². The van der Waals surface area contributed by atoms with Crippen molar-refractivity contribution in [1.29, 1.82) is 0 Å². The van der Waals surface area contributed by atoms with Gasteiger partial charge >= 0.3 is 0 Å². The average Bonchev–Trinajstić information content (AvgIpc) is 3.05. The van der Waals surface area contributed by atoms with E-state index in [9.17, 15) is 0 Å². The van der Waals surface area contributed by atoms with Gasteiger partial charge in [-0.2, -0.15) is 0 Å².